The molecule has 2 aliphatic rings. The van der Waals surface area contributed by atoms with Crippen LogP contribution in [-0.2, 0) is 12.8 Å². The molecule has 0 N–H and O–H groups in total. The smallest absolute Gasteiger partial charge is 0.147 e. The van der Waals surface area contributed by atoms with Crippen LogP contribution in [0.3, 0.4) is 0 Å². The lowest BCUT2D eigenvalue weighted by Crippen LogP contribution is -1.97. The average Bonchev–Trinajstić information content (AvgIpc) is 3.59. The molecule has 5 aromatic carbocycles. The van der Waals surface area contributed by atoms with Crippen molar-refractivity contribution >= 4 is 38.4 Å². The molecule has 0 aliphatic heterocycles. The third-order valence-electron chi connectivity index (χ3n) is 8.21. The number of benzene rings is 5. The molecule has 162 valence electrons. The van der Waals surface area contributed by atoms with Gasteiger partial charge in [0.25, 0.3) is 0 Å². The summed E-state index contributed by atoms with van der Waals surface area (Å²) >= 11 is 0. The molecule has 0 bridgehead atoms. The van der Waals surface area contributed by atoms with Crippen LogP contribution in [0.4, 0.5) is 0 Å². The van der Waals surface area contributed by atoms with Crippen molar-refractivity contribution < 1.29 is 0 Å². The Balaban J connectivity index is 1.56. The molecule has 0 fully saturated rings. The van der Waals surface area contributed by atoms with Gasteiger partial charge in [0, 0.05) is 17.2 Å². The molecule has 7 aromatic rings. The Hall–Kier alpha value is -4.43. The number of hydrogen-bond donors (Lipinski definition) is 0. The van der Waals surface area contributed by atoms with Crippen molar-refractivity contribution in [2.75, 3.05) is 0 Å². The molecular formula is C33H20N2. The first-order valence-corrected chi connectivity index (χ1v) is 12.3. The number of imidazole rings is 1. The van der Waals surface area contributed by atoms with Crippen LogP contribution in [0.1, 0.15) is 22.3 Å². The topological polar surface area (TPSA) is 17.3 Å². The van der Waals surface area contributed by atoms with Crippen LogP contribution in [0.5, 0.6) is 0 Å². The highest BCUT2D eigenvalue weighted by atomic mass is 15.0. The number of nitrogens with zero attached hydrogens (tertiary/aromatic N) is 2. The fourth-order valence-corrected chi connectivity index (χ4v) is 6.77. The first-order chi connectivity index (χ1) is 17.4. The summed E-state index contributed by atoms with van der Waals surface area (Å²) in [6.07, 6.45) is 1.95. The number of pyridine rings is 1. The Bertz CT molecular complexity index is 2060. The second kappa shape index (κ2) is 6.17. The van der Waals surface area contributed by atoms with Crippen molar-refractivity contribution in [3.63, 3.8) is 0 Å². The van der Waals surface area contributed by atoms with Crippen LogP contribution in [0.25, 0.3) is 60.6 Å². The predicted octanol–water partition coefficient (Wildman–Crippen LogP) is 7.94. The van der Waals surface area contributed by atoms with Crippen molar-refractivity contribution in [2.24, 2.45) is 0 Å². The lowest BCUT2D eigenvalue weighted by atomic mass is 9.94. The monoisotopic (exact) mass is 444 g/mol. The Labute approximate surface area is 202 Å². The van der Waals surface area contributed by atoms with Gasteiger partial charge in [-0.2, -0.15) is 0 Å². The van der Waals surface area contributed by atoms with Crippen molar-refractivity contribution in [1.82, 2.24) is 9.38 Å². The highest BCUT2D eigenvalue weighted by Crippen LogP contribution is 2.48. The van der Waals surface area contributed by atoms with E-state index in [4.69, 9.17) is 4.98 Å². The Kier molecular flexibility index (Phi) is 3.16. The van der Waals surface area contributed by atoms with Gasteiger partial charge in [-0.3, -0.25) is 4.40 Å². The molecule has 2 aliphatic carbocycles. The molecule has 2 aromatic heterocycles. The standard InChI is InChI=1S/C33H20N2/c1-3-9-22-20(8-1)18-27-24(22)15-16-26-25-14-13-21-17-19-7-2-4-10-23(19)30(21)31(25)33-34-28-11-5-6-12-29(28)35(33)32(26)27/h1-16H,17-18H2. The Morgan fingerprint density at radius 1 is 0.571 bits per heavy atom. The summed E-state index contributed by atoms with van der Waals surface area (Å²) in [5.74, 6) is 0. The zero-order valence-corrected chi connectivity index (χ0v) is 19.0. The molecule has 2 heteroatoms. The third-order valence-corrected chi connectivity index (χ3v) is 8.21. The SMILES string of the molecule is c1ccc2c(c1)Cc1c-2ccc2c3ccc4c(c3c3nc5ccccc5n3c12)-c1ccccc1C4. The molecule has 0 spiro atoms. The summed E-state index contributed by atoms with van der Waals surface area (Å²) in [5.41, 5.74) is 15.7. The fraction of sp³-hybridized carbons (Fsp3) is 0.0606. The maximum absolute atomic E-state index is 5.28. The molecule has 0 saturated heterocycles. The van der Waals surface area contributed by atoms with Gasteiger partial charge in [0.1, 0.15) is 5.65 Å². The summed E-state index contributed by atoms with van der Waals surface area (Å²) < 4.78 is 2.46. The van der Waals surface area contributed by atoms with Gasteiger partial charge in [0.2, 0.25) is 0 Å². The van der Waals surface area contributed by atoms with Gasteiger partial charge in [0.15, 0.2) is 0 Å². The van der Waals surface area contributed by atoms with Crippen molar-refractivity contribution in [3.05, 3.63) is 119 Å². The van der Waals surface area contributed by atoms with Crippen molar-refractivity contribution in [2.45, 2.75) is 12.8 Å². The number of hydrogen-bond acceptors (Lipinski definition) is 1. The minimum Gasteiger partial charge on any atom is -0.291 e. The average molecular weight is 445 g/mol. The molecule has 35 heavy (non-hydrogen) atoms. The van der Waals surface area contributed by atoms with Crippen LogP contribution in [-0.4, -0.2) is 9.38 Å². The molecule has 0 atom stereocenters. The molecular weight excluding hydrogens is 424 g/mol. The van der Waals surface area contributed by atoms with Gasteiger partial charge in [0.05, 0.1) is 16.6 Å². The van der Waals surface area contributed by atoms with Gasteiger partial charge in [-0.1, -0.05) is 84.9 Å². The van der Waals surface area contributed by atoms with Crippen LogP contribution in [0.15, 0.2) is 97.1 Å². The fourth-order valence-electron chi connectivity index (χ4n) is 6.77. The summed E-state index contributed by atoms with van der Waals surface area (Å²) in [6.45, 7) is 0. The predicted molar refractivity (Wildman–Crippen MR) is 144 cm³/mol. The van der Waals surface area contributed by atoms with E-state index in [1.54, 1.807) is 0 Å². The van der Waals surface area contributed by atoms with E-state index in [0.717, 1.165) is 24.0 Å². The lowest BCUT2D eigenvalue weighted by Gasteiger charge is -2.16. The highest BCUT2D eigenvalue weighted by Gasteiger charge is 2.27. The number of rotatable bonds is 0. The molecule has 0 saturated carbocycles. The summed E-state index contributed by atoms with van der Waals surface area (Å²) in [5, 5.41) is 3.90. The van der Waals surface area contributed by atoms with E-state index < -0.39 is 0 Å². The second-order valence-corrected chi connectivity index (χ2v) is 9.94. The van der Waals surface area contributed by atoms with Gasteiger partial charge >= 0.3 is 0 Å². The van der Waals surface area contributed by atoms with Crippen LogP contribution >= 0.6 is 0 Å². The van der Waals surface area contributed by atoms with Gasteiger partial charge in [-0.25, -0.2) is 4.98 Å². The second-order valence-electron chi connectivity index (χ2n) is 9.94. The summed E-state index contributed by atoms with van der Waals surface area (Å²) in [4.78, 5) is 5.28. The van der Waals surface area contributed by atoms with Crippen LogP contribution < -0.4 is 0 Å². The first kappa shape index (κ1) is 18.0. The van der Waals surface area contributed by atoms with Crippen molar-refractivity contribution in [1.29, 1.82) is 0 Å². The molecule has 0 unspecified atom stereocenters. The largest absolute Gasteiger partial charge is 0.291 e. The van der Waals surface area contributed by atoms with Gasteiger partial charge in [-0.05, 0) is 68.4 Å². The van der Waals surface area contributed by atoms with E-state index in [9.17, 15) is 0 Å². The van der Waals surface area contributed by atoms with E-state index in [2.05, 4.69) is 101 Å². The maximum atomic E-state index is 5.28. The summed E-state index contributed by atoms with van der Waals surface area (Å²) in [6, 6.07) is 35.7. The minimum absolute atomic E-state index is 0.962. The van der Waals surface area contributed by atoms with E-state index in [0.29, 0.717) is 0 Å². The van der Waals surface area contributed by atoms with Crippen molar-refractivity contribution in [3.8, 4) is 22.3 Å². The highest BCUT2D eigenvalue weighted by molar-refractivity contribution is 6.21. The van der Waals surface area contributed by atoms with Gasteiger partial charge < -0.3 is 0 Å². The maximum Gasteiger partial charge on any atom is 0.147 e. The van der Waals surface area contributed by atoms with E-state index in [1.165, 1.54) is 71.7 Å². The first-order valence-electron chi connectivity index (χ1n) is 12.3. The normalized spacial score (nSPS) is 13.5. The Morgan fingerprint density at radius 3 is 2.23 bits per heavy atom. The quantitative estimate of drug-likeness (QED) is 0.217. The Morgan fingerprint density at radius 2 is 1.31 bits per heavy atom. The molecule has 0 radical (unpaired) electrons. The van der Waals surface area contributed by atoms with E-state index >= 15 is 0 Å². The molecule has 2 nitrogen and oxygen atoms in total. The number of fused-ring (bicyclic) bond motifs is 16. The number of para-hydroxylation sites is 2. The van der Waals surface area contributed by atoms with E-state index in [1.807, 2.05) is 0 Å². The zero-order valence-electron chi connectivity index (χ0n) is 19.0. The minimum atomic E-state index is 0.962. The van der Waals surface area contributed by atoms with Crippen LogP contribution in [0.2, 0.25) is 0 Å². The summed E-state index contributed by atoms with van der Waals surface area (Å²) in [7, 11) is 0. The van der Waals surface area contributed by atoms with Crippen LogP contribution in [0, 0.1) is 0 Å². The lowest BCUT2D eigenvalue weighted by molar-refractivity contribution is 1.23. The van der Waals surface area contributed by atoms with E-state index in [-0.39, 0.29) is 0 Å². The third kappa shape index (κ3) is 2.14. The zero-order chi connectivity index (χ0) is 22.7. The number of aromatic nitrogens is 2. The van der Waals surface area contributed by atoms with Gasteiger partial charge in [-0.15, -0.1) is 0 Å². The molecule has 2 heterocycles. The molecule has 9 rings (SSSR count). The molecule has 0 amide bonds.